The molecular weight excluding hydrogens is 1590 g/mol. The van der Waals surface area contributed by atoms with Gasteiger partial charge in [0.25, 0.3) is 17.7 Å². The number of rotatable bonds is 27. The van der Waals surface area contributed by atoms with Gasteiger partial charge < -0.3 is 58.9 Å². The van der Waals surface area contributed by atoms with E-state index in [0.29, 0.717) is 86.4 Å². The Morgan fingerprint density at radius 3 is 0.850 bits per heavy atom. The van der Waals surface area contributed by atoms with Crippen molar-refractivity contribution in [1.82, 2.24) is 73.9 Å². The number of nitrogens with zero attached hydrogens (tertiary/aromatic N) is 18. The van der Waals surface area contributed by atoms with Crippen LogP contribution in [0.15, 0.2) is 0 Å². The van der Waals surface area contributed by atoms with Crippen molar-refractivity contribution in [3.05, 3.63) is 65.0 Å². The summed E-state index contributed by atoms with van der Waals surface area (Å²) in [5.41, 5.74) is -3.24. The molecule has 3 aliphatic rings. The molecule has 0 aromatic carbocycles. The second kappa shape index (κ2) is 35.4. The van der Waals surface area contributed by atoms with Crippen LogP contribution in [0.25, 0.3) is 0 Å². The van der Waals surface area contributed by atoms with E-state index in [0.717, 1.165) is 0 Å². The molecule has 0 aliphatic carbocycles. The van der Waals surface area contributed by atoms with Gasteiger partial charge in [0, 0.05) is 57.6 Å². The van der Waals surface area contributed by atoms with E-state index in [1.54, 1.807) is 56.8 Å². The van der Waals surface area contributed by atoms with Gasteiger partial charge in [0.1, 0.15) is 69.0 Å². The van der Waals surface area contributed by atoms with Crippen LogP contribution in [0.3, 0.4) is 0 Å². The number of carbonyl (C=O) groups excluding carboxylic acids is 3. The number of amides is 3. The lowest BCUT2D eigenvalue weighted by Gasteiger charge is -2.54. The highest BCUT2D eigenvalue weighted by Gasteiger charge is 2.55. The number of aromatic nitrogens is 12. The van der Waals surface area contributed by atoms with Gasteiger partial charge in [0.15, 0.2) is 0 Å². The fourth-order valence-electron chi connectivity index (χ4n) is 16.3. The predicted molar refractivity (Wildman–Crippen MR) is 439 cm³/mol. The van der Waals surface area contributed by atoms with Gasteiger partial charge in [-0.2, -0.15) is 0 Å². The smallest absolute Gasteiger partial charge is 0.386 e. The number of methoxy groups -OCH3 is 3. The first-order chi connectivity index (χ1) is 52.4. The zero-order valence-electron chi connectivity index (χ0n) is 70.7. The number of halogens is 3. The summed E-state index contributed by atoms with van der Waals surface area (Å²) in [5.74, 6) is -2.20. The molecule has 3 unspecified atom stereocenters. The van der Waals surface area contributed by atoms with Crippen LogP contribution >= 0.6 is 76.6 Å². The van der Waals surface area contributed by atoms with Crippen LogP contribution in [-0.2, 0) is 71.8 Å². The van der Waals surface area contributed by atoms with Crippen LogP contribution in [-0.4, -0.2) is 219 Å². The molecular formula is C75H120Cl3N18O13PS3. The van der Waals surface area contributed by atoms with Gasteiger partial charge in [0.05, 0.1) is 71.6 Å². The highest BCUT2D eigenvalue weighted by Crippen LogP contribution is 2.53. The molecule has 3 aliphatic heterocycles. The third-order valence-electron chi connectivity index (χ3n) is 21.0. The third-order valence-corrected chi connectivity index (χ3v) is 27.0. The normalized spacial score (nSPS) is 22.6. The molecule has 632 valence electrons. The maximum absolute atomic E-state index is 16.6. The first-order valence-electron chi connectivity index (χ1n) is 38.7. The predicted octanol–water partition coefficient (Wildman–Crippen LogP) is 13.9. The number of carbonyl (C=O) groups is 3. The highest BCUT2D eigenvalue weighted by atomic mass is 35.5. The minimum atomic E-state index is -5.27. The lowest BCUT2D eigenvalue weighted by molar-refractivity contribution is -0.0558. The summed E-state index contributed by atoms with van der Waals surface area (Å²) >= 11 is 26.0. The van der Waals surface area contributed by atoms with Crippen LogP contribution in [0.1, 0.15) is 268 Å². The Morgan fingerprint density at radius 1 is 0.442 bits per heavy atom. The number of piperidine rings is 3. The maximum atomic E-state index is 16.6. The lowest BCUT2D eigenvalue weighted by atomic mass is 9.76. The SMILES string of the molecule is CCc1nc(C(=O)N([C@@H]2CCN(c3nnc([C@H](C)O)s3)C(C(C)(C)C)[C@H]2OC)C(C)(C)C)n(COP(=O)(OCn2c(C(=O)N([C@@H]3CCN(c4nnc([C@H](C)O)s4)C(C(C)(C)C)[C@H]3OC)C(C)(C)C)nc(CC)c2Cl)OCn2c(C(=O)N([C@@H]3CCN(c4nnc([C@H](C)O)s4)C(C(C)(C)C)[C@H]3OC)C(C)(C)C)nc(CC)c2Cl)c1Cl. The number of phosphoric ester groups is 1. The highest BCUT2D eigenvalue weighted by molar-refractivity contribution is 7.48. The standard InChI is InChI=1S/C75H120Cl3N18O13PS3/c1-28-43-55(76)91(58(79-43)64(100)94(73(16,17)18)46-31-34-88(52(49(46)104-25)70(7,8)9)67-85-82-61(111-67)40(4)97)37-107-110(103,108-38-92-56(77)44(29-2)80-59(92)65(101)95(74(19,20)21)47-32-35-89(53(50(47)105-26)71(10,11)12)68-86-83-62(112-68)41(5)98)109-39-93-57(78)45(30-3)81-60(93)66(102)96(75(22,23)24)48-33-36-90(54(51(48)106-27)72(13,14)15)69-87-84-63(113-69)42(6)99/h40-42,46-54,97-99H,28-39H2,1-27H3/t40-,41-,42-,46+,47+,48+,49-,50-,51-,52?,53?,54?,110?/m0/s1. The van der Waals surface area contributed by atoms with E-state index in [2.05, 4.69) is 108 Å². The van der Waals surface area contributed by atoms with Crippen LogP contribution < -0.4 is 14.7 Å². The summed E-state index contributed by atoms with van der Waals surface area (Å²) in [6.45, 7) is 45.4. The number of imidazole rings is 3. The van der Waals surface area contributed by atoms with Gasteiger partial charge in [-0.3, -0.25) is 41.7 Å². The Kier molecular flexibility index (Phi) is 28.8. The Balaban J connectivity index is 1.14. The molecule has 0 spiro atoms. The van der Waals surface area contributed by atoms with Crippen LogP contribution in [0, 0.1) is 16.2 Å². The summed E-state index contributed by atoms with van der Waals surface area (Å²) in [4.78, 5) is 74.8. The molecule has 0 saturated carbocycles. The van der Waals surface area contributed by atoms with Crippen molar-refractivity contribution in [3.63, 3.8) is 0 Å². The van der Waals surface area contributed by atoms with Crippen molar-refractivity contribution < 1.29 is 62.1 Å². The van der Waals surface area contributed by atoms with Crippen molar-refractivity contribution in [2.75, 3.05) is 55.7 Å². The molecule has 3 saturated heterocycles. The monoisotopic (exact) mass is 1710 g/mol. The quantitative estimate of drug-likeness (QED) is 0.0403. The average Bonchev–Trinajstić information content (AvgIpc) is 1.75. The van der Waals surface area contributed by atoms with E-state index in [-0.39, 0.29) is 70.3 Å². The molecule has 6 aromatic heterocycles. The van der Waals surface area contributed by atoms with Crippen molar-refractivity contribution in [1.29, 1.82) is 0 Å². The summed E-state index contributed by atoms with van der Waals surface area (Å²) < 4.78 is 59.9. The Bertz CT molecular complexity index is 3910. The molecule has 3 N–H and O–H groups in total. The van der Waals surface area contributed by atoms with E-state index >= 15 is 18.9 Å². The van der Waals surface area contributed by atoms with Gasteiger partial charge >= 0.3 is 7.82 Å². The van der Waals surface area contributed by atoms with E-state index < -0.39 is 133 Å². The zero-order chi connectivity index (χ0) is 84.2. The van der Waals surface area contributed by atoms with Crippen molar-refractivity contribution in [2.24, 2.45) is 16.2 Å². The first kappa shape index (κ1) is 91.8. The number of hydrogen-bond donors (Lipinski definition) is 3. The molecule has 9 heterocycles. The molecule has 3 amide bonds. The fraction of sp³-hybridized carbons (Fsp3) is 0.760. The summed E-state index contributed by atoms with van der Waals surface area (Å²) in [5, 5.41) is 61.2. The van der Waals surface area contributed by atoms with Gasteiger partial charge in [-0.05, 0) is 138 Å². The Labute approximate surface area is 692 Å². The van der Waals surface area contributed by atoms with Gasteiger partial charge in [0.2, 0.25) is 32.9 Å². The summed E-state index contributed by atoms with van der Waals surface area (Å²) in [7, 11) is -0.415. The van der Waals surface area contributed by atoms with E-state index in [1.165, 1.54) is 47.7 Å². The molecule has 6 aromatic rings. The summed E-state index contributed by atoms with van der Waals surface area (Å²) in [6, 6.07) is -2.94. The molecule has 38 heteroatoms. The maximum Gasteiger partial charge on any atom is 0.480 e. The van der Waals surface area contributed by atoms with Crippen LogP contribution in [0.4, 0.5) is 15.4 Å². The number of aliphatic hydroxyl groups is 3. The van der Waals surface area contributed by atoms with E-state index in [4.69, 9.17) is 77.5 Å². The van der Waals surface area contributed by atoms with Gasteiger partial charge in [-0.15, -0.1) is 30.6 Å². The topological polar surface area (TPSA) is 335 Å². The van der Waals surface area contributed by atoms with Crippen molar-refractivity contribution in [2.45, 2.75) is 314 Å². The number of anilines is 3. The van der Waals surface area contributed by atoms with Crippen molar-refractivity contribution >= 4 is 110 Å². The number of hydrogen-bond acceptors (Lipinski definition) is 28. The number of ether oxygens (including phenoxy) is 3. The van der Waals surface area contributed by atoms with Crippen LogP contribution in [0.5, 0.6) is 0 Å². The third kappa shape index (κ3) is 19.3. The largest absolute Gasteiger partial charge is 0.480 e. The number of phosphoric acid groups is 1. The Morgan fingerprint density at radius 2 is 0.673 bits per heavy atom. The number of aliphatic hydroxyl groups excluding tert-OH is 3. The second-order valence-corrected chi connectivity index (χ2v) is 41.3. The molecule has 0 bridgehead atoms. The molecule has 9 rings (SSSR count). The molecule has 31 nitrogen and oxygen atoms in total. The van der Waals surface area contributed by atoms with Crippen molar-refractivity contribution in [3.8, 4) is 0 Å². The lowest BCUT2D eigenvalue weighted by Crippen LogP contribution is -2.67. The number of aryl methyl sites for hydroxylation is 3. The molecule has 12 atom stereocenters. The Hall–Kier alpha value is -5.14. The first-order valence-corrected chi connectivity index (χ1v) is 43.7. The molecule has 0 radical (unpaired) electrons. The molecule has 113 heavy (non-hydrogen) atoms. The van der Waals surface area contributed by atoms with E-state index in [9.17, 15) is 15.3 Å². The fourth-order valence-corrected chi connectivity index (χ4v) is 20.7. The summed E-state index contributed by atoms with van der Waals surface area (Å²) in [6.07, 6.45) is -2.49. The molecule has 3 fully saturated rings. The van der Waals surface area contributed by atoms with Gasteiger partial charge in [-0.25, -0.2) is 19.5 Å². The van der Waals surface area contributed by atoms with Gasteiger partial charge in [-0.1, -0.05) is 152 Å². The minimum absolute atomic E-state index is 0.0173. The van der Waals surface area contributed by atoms with E-state index in [1.807, 2.05) is 83.1 Å². The second-order valence-electron chi connectivity index (χ2n) is 35.6. The minimum Gasteiger partial charge on any atom is -0.386 e. The average molecular weight is 1720 g/mol. The zero-order valence-corrected chi connectivity index (χ0v) is 76.3. The van der Waals surface area contributed by atoms with Crippen LogP contribution in [0.2, 0.25) is 15.5 Å².